The first-order chi connectivity index (χ1) is 12.2. The van der Waals surface area contributed by atoms with Crippen LogP contribution in [0.1, 0.15) is 46.0 Å². The molecular weight excluding hydrogens is 396 g/mol. The van der Waals surface area contributed by atoms with Crippen molar-refractivity contribution in [3.63, 3.8) is 0 Å². The summed E-state index contributed by atoms with van der Waals surface area (Å²) in [7, 11) is 0. The molecule has 0 spiro atoms. The van der Waals surface area contributed by atoms with E-state index in [4.69, 9.17) is 0 Å². The average Bonchev–Trinajstić information content (AvgIpc) is 2.88. The molecule has 4 aliphatic rings. The van der Waals surface area contributed by atoms with Gasteiger partial charge in [-0.1, -0.05) is 41.9 Å². The summed E-state index contributed by atoms with van der Waals surface area (Å²) in [6.07, 6.45) is 8.94. The van der Waals surface area contributed by atoms with E-state index in [1.54, 1.807) is 0 Å². The highest BCUT2D eigenvalue weighted by Gasteiger charge is 2.65. The van der Waals surface area contributed by atoms with Crippen molar-refractivity contribution < 1.29 is 19.5 Å². The zero-order chi connectivity index (χ0) is 18.9. The number of carbonyl (C=O) groups is 3. The highest BCUT2D eigenvalue weighted by atomic mass is 79.9. The molecule has 0 aromatic rings. The molecule has 0 radical (unpaired) electrons. The van der Waals surface area contributed by atoms with E-state index >= 15 is 0 Å². The van der Waals surface area contributed by atoms with Crippen LogP contribution in [0.2, 0.25) is 0 Å². The summed E-state index contributed by atoms with van der Waals surface area (Å²) in [5.41, 5.74) is -1.05. The van der Waals surface area contributed by atoms with Gasteiger partial charge in [0.05, 0.1) is 5.33 Å². The number of rotatable bonds is 2. The van der Waals surface area contributed by atoms with Crippen LogP contribution < -0.4 is 0 Å². The molecule has 0 saturated heterocycles. The Kier molecular flexibility index (Phi) is 4.02. The molecule has 0 aromatic heterocycles. The monoisotopic (exact) mass is 420 g/mol. The van der Waals surface area contributed by atoms with Crippen LogP contribution in [-0.4, -0.2) is 33.4 Å². The Morgan fingerprint density at radius 2 is 1.92 bits per heavy atom. The van der Waals surface area contributed by atoms with Crippen LogP contribution in [0, 0.1) is 28.6 Å². The molecule has 0 amide bonds. The summed E-state index contributed by atoms with van der Waals surface area (Å²) >= 11 is 3.24. The van der Waals surface area contributed by atoms with Crippen molar-refractivity contribution in [3.05, 3.63) is 23.8 Å². The molecule has 0 bridgehead atoms. The van der Waals surface area contributed by atoms with Crippen LogP contribution >= 0.6 is 15.9 Å². The number of hydrogen-bond acceptors (Lipinski definition) is 4. The smallest absolute Gasteiger partial charge is 0.221 e. The molecule has 4 aliphatic carbocycles. The zero-order valence-corrected chi connectivity index (χ0v) is 16.8. The van der Waals surface area contributed by atoms with E-state index in [-0.39, 0.29) is 52.3 Å². The lowest BCUT2D eigenvalue weighted by Crippen LogP contribution is -2.57. The van der Waals surface area contributed by atoms with Crippen LogP contribution in [-0.2, 0) is 14.4 Å². The van der Waals surface area contributed by atoms with E-state index < -0.39 is 11.0 Å². The molecule has 0 aromatic carbocycles. The Balaban J connectivity index is 1.75. The van der Waals surface area contributed by atoms with E-state index in [0.29, 0.717) is 6.42 Å². The second-order valence-corrected chi connectivity index (χ2v) is 9.60. The lowest BCUT2D eigenvalue weighted by atomic mass is 9.48. The van der Waals surface area contributed by atoms with Crippen LogP contribution in [0.5, 0.6) is 0 Å². The number of ketones is 3. The SMILES string of the molecule is C[C@]12CC(=O)C(=O)C=C1C=C[C@@H]1[C@@H]2CC[C@@]2(C)[C@H]1CC[C@]2(O)C(=O)CBr. The summed E-state index contributed by atoms with van der Waals surface area (Å²) in [4.78, 5) is 36.5. The standard InChI is InChI=1S/C21H25BrO4/c1-19-10-17(24)16(23)9-12(19)3-4-13-14(19)5-7-20(2)15(13)6-8-21(20,26)18(25)11-22/h3-4,9,13-15,26H,5-8,10-11H2,1-2H3/t13-,14+,15+,19+,20+,21+/m1/s1. The van der Waals surface area contributed by atoms with Gasteiger partial charge in [0.15, 0.2) is 5.78 Å². The molecular formula is C21H25BrO4. The predicted octanol–water partition coefficient (Wildman–Crippen LogP) is 3.17. The summed E-state index contributed by atoms with van der Waals surface area (Å²) in [6, 6.07) is 0. The first kappa shape index (κ1) is 18.3. The summed E-state index contributed by atoms with van der Waals surface area (Å²) in [6.45, 7) is 4.18. The van der Waals surface area contributed by atoms with Gasteiger partial charge >= 0.3 is 0 Å². The lowest BCUT2D eigenvalue weighted by molar-refractivity contribution is -0.156. The number of allylic oxidation sites excluding steroid dienone is 4. The number of Topliss-reactive ketones (excluding diaryl/α,β-unsaturated/α-hetero) is 2. The topological polar surface area (TPSA) is 71.4 Å². The Morgan fingerprint density at radius 1 is 1.23 bits per heavy atom. The molecule has 0 aliphatic heterocycles. The van der Waals surface area contributed by atoms with Gasteiger partial charge in [-0.05, 0) is 55.1 Å². The van der Waals surface area contributed by atoms with Gasteiger partial charge in [0.1, 0.15) is 5.60 Å². The molecule has 0 unspecified atom stereocenters. The molecule has 2 saturated carbocycles. The second kappa shape index (κ2) is 5.71. The van der Waals surface area contributed by atoms with Crippen molar-refractivity contribution in [2.24, 2.45) is 28.6 Å². The molecule has 140 valence electrons. The van der Waals surface area contributed by atoms with Gasteiger partial charge in [-0.2, -0.15) is 0 Å². The van der Waals surface area contributed by atoms with E-state index in [9.17, 15) is 19.5 Å². The fraction of sp³-hybridized carbons (Fsp3) is 0.667. The number of fused-ring (bicyclic) bond motifs is 5. The van der Waals surface area contributed by atoms with Crippen molar-refractivity contribution in [1.29, 1.82) is 0 Å². The van der Waals surface area contributed by atoms with E-state index in [1.165, 1.54) is 6.08 Å². The number of halogens is 1. The maximum Gasteiger partial charge on any atom is 0.221 e. The molecule has 4 nitrogen and oxygen atoms in total. The first-order valence-corrected chi connectivity index (χ1v) is 10.6. The predicted molar refractivity (Wildman–Crippen MR) is 101 cm³/mol. The van der Waals surface area contributed by atoms with Gasteiger partial charge in [0.25, 0.3) is 0 Å². The molecule has 1 N–H and O–H groups in total. The van der Waals surface area contributed by atoms with Crippen LogP contribution in [0.25, 0.3) is 0 Å². The minimum atomic E-state index is -1.27. The lowest BCUT2D eigenvalue weighted by Gasteiger charge is -2.56. The Bertz CT molecular complexity index is 768. The van der Waals surface area contributed by atoms with Crippen LogP contribution in [0.4, 0.5) is 0 Å². The van der Waals surface area contributed by atoms with Crippen LogP contribution in [0.3, 0.4) is 0 Å². The van der Waals surface area contributed by atoms with E-state index in [1.807, 2.05) is 6.08 Å². The maximum absolute atomic E-state index is 12.5. The molecule has 4 rings (SSSR count). The molecule has 5 heteroatoms. The minimum absolute atomic E-state index is 0.119. The van der Waals surface area contributed by atoms with Gasteiger partial charge in [-0.3, -0.25) is 14.4 Å². The highest BCUT2D eigenvalue weighted by molar-refractivity contribution is 9.09. The highest BCUT2D eigenvalue weighted by Crippen LogP contribution is 2.66. The maximum atomic E-state index is 12.5. The molecule has 6 atom stereocenters. The Labute approximate surface area is 162 Å². The van der Waals surface area contributed by atoms with Gasteiger partial charge in [0, 0.05) is 17.3 Å². The molecule has 2 fully saturated rings. The normalized spacial score (nSPS) is 47.1. The number of carbonyl (C=O) groups excluding carboxylic acids is 3. The summed E-state index contributed by atoms with van der Waals surface area (Å²) in [5, 5.41) is 11.4. The Morgan fingerprint density at radius 3 is 2.62 bits per heavy atom. The van der Waals surface area contributed by atoms with E-state index in [2.05, 4.69) is 35.9 Å². The van der Waals surface area contributed by atoms with Gasteiger partial charge in [-0.15, -0.1) is 0 Å². The third kappa shape index (κ3) is 2.13. The average molecular weight is 421 g/mol. The third-order valence-electron chi connectivity index (χ3n) is 8.13. The fourth-order valence-corrected chi connectivity index (χ4v) is 6.96. The van der Waals surface area contributed by atoms with Gasteiger partial charge in [0.2, 0.25) is 11.6 Å². The van der Waals surface area contributed by atoms with Crippen molar-refractivity contribution in [3.8, 4) is 0 Å². The summed E-state index contributed by atoms with van der Waals surface area (Å²) in [5.74, 6) is -0.0812. The minimum Gasteiger partial charge on any atom is -0.381 e. The first-order valence-electron chi connectivity index (χ1n) is 9.46. The molecule has 0 heterocycles. The summed E-state index contributed by atoms with van der Waals surface area (Å²) < 4.78 is 0. The number of alkyl halides is 1. The van der Waals surface area contributed by atoms with Crippen LogP contribution in [0.15, 0.2) is 23.8 Å². The Hall–Kier alpha value is -1.07. The number of hydrogen-bond donors (Lipinski definition) is 1. The fourth-order valence-electron chi connectivity index (χ4n) is 6.50. The number of aliphatic hydroxyl groups is 1. The quantitative estimate of drug-likeness (QED) is 0.549. The largest absolute Gasteiger partial charge is 0.381 e. The van der Waals surface area contributed by atoms with Crippen molar-refractivity contribution in [2.75, 3.05) is 5.33 Å². The van der Waals surface area contributed by atoms with Gasteiger partial charge in [-0.25, -0.2) is 0 Å². The molecule has 26 heavy (non-hydrogen) atoms. The van der Waals surface area contributed by atoms with Crippen molar-refractivity contribution in [1.82, 2.24) is 0 Å². The zero-order valence-electron chi connectivity index (χ0n) is 15.3. The van der Waals surface area contributed by atoms with E-state index in [0.717, 1.165) is 24.8 Å². The second-order valence-electron chi connectivity index (χ2n) is 9.04. The van der Waals surface area contributed by atoms with Gasteiger partial charge < -0.3 is 5.11 Å². The third-order valence-corrected chi connectivity index (χ3v) is 8.64. The van der Waals surface area contributed by atoms with Crippen molar-refractivity contribution >= 4 is 33.3 Å². The van der Waals surface area contributed by atoms with Crippen molar-refractivity contribution in [2.45, 2.75) is 51.6 Å².